The van der Waals surface area contributed by atoms with Gasteiger partial charge in [-0.3, -0.25) is 9.59 Å². The van der Waals surface area contributed by atoms with Crippen molar-refractivity contribution in [3.63, 3.8) is 0 Å². The molecule has 0 aliphatic rings. The zero-order valence-corrected chi connectivity index (χ0v) is 17.1. The van der Waals surface area contributed by atoms with Crippen LogP contribution in [0.4, 0.5) is 24.8 Å². The first kappa shape index (κ1) is 22.4. The maximum absolute atomic E-state index is 12.4. The number of nitrogens with zero attached hydrogens (tertiary/aromatic N) is 2. The summed E-state index contributed by atoms with van der Waals surface area (Å²) in [6.07, 6.45) is -3.41. The van der Waals surface area contributed by atoms with Crippen molar-refractivity contribution in [3.8, 4) is 0 Å². The van der Waals surface area contributed by atoms with E-state index in [1.54, 1.807) is 30.4 Å². The fraction of sp³-hybridized carbons (Fsp3) is 0.190. The molecule has 10 heteroatoms. The van der Waals surface area contributed by atoms with Crippen molar-refractivity contribution in [2.75, 3.05) is 11.9 Å². The summed E-state index contributed by atoms with van der Waals surface area (Å²) in [7, 11) is 0. The van der Waals surface area contributed by atoms with Gasteiger partial charge in [0.05, 0.1) is 6.54 Å². The zero-order valence-electron chi connectivity index (χ0n) is 16.3. The zero-order chi connectivity index (χ0) is 22.6. The third-order valence-electron chi connectivity index (χ3n) is 4.40. The SMILES string of the molecule is Cc1c(Cl)cccc1Nc1nc(=O)c(C(=O)NCC(F)(F)F)cn1Cc1ccccc1. The highest BCUT2D eigenvalue weighted by Gasteiger charge is 2.28. The Morgan fingerprint density at radius 3 is 2.52 bits per heavy atom. The lowest BCUT2D eigenvalue weighted by molar-refractivity contribution is -0.123. The number of halogens is 4. The van der Waals surface area contributed by atoms with Crippen molar-refractivity contribution in [2.45, 2.75) is 19.6 Å². The van der Waals surface area contributed by atoms with Crippen LogP contribution in [0, 0.1) is 6.92 Å². The highest BCUT2D eigenvalue weighted by Crippen LogP contribution is 2.25. The van der Waals surface area contributed by atoms with Gasteiger partial charge in [0.15, 0.2) is 0 Å². The second-order valence-electron chi connectivity index (χ2n) is 6.73. The Bertz CT molecular complexity index is 1150. The average Bonchev–Trinajstić information content (AvgIpc) is 2.71. The van der Waals surface area contributed by atoms with E-state index in [0.29, 0.717) is 10.7 Å². The number of aromatic nitrogens is 2. The Balaban J connectivity index is 2.01. The van der Waals surface area contributed by atoms with Crippen LogP contribution in [0.2, 0.25) is 5.02 Å². The number of hydrogen-bond acceptors (Lipinski definition) is 4. The molecule has 0 atom stereocenters. The van der Waals surface area contributed by atoms with Gasteiger partial charge in [0.2, 0.25) is 5.95 Å². The van der Waals surface area contributed by atoms with Crippen molar-refractivity contribution < 1.29 is 18.0 Å². The minimum atomic E-state index is -4.60. The second kappa shape index (κ2) is 9.22. The quantitative estimate of drug-likeness (QED) is 0.587. The minimum Gasteiger partial charge on any atom is -0.343 e. The van der Waals surface area contributed by atoms with Gasteiger partial charge >= 0.3 is 6.18 Å². The number of hydrogen-bond donors (Lipinski definition) is 2. The minimum absolute atomic E-state index is 0.117. The van der Waals surface area contributed by atoms with Gasteiger partial charge in [0.1, 0.15) is 12.1 Å². The molecule has 0 fully saturated rings. The predicted molar refractivity (Wildman–Crippen MR) is 112 cm³/mol. The van der Waals surface area contributed by atoms with E-state index in [1.807, 2.05) is 30.3 Å². The van der Waals surface area contributed by atoms with Crippen LogP contribution in [0.15, 0.2) is 59.5 Å². The van der Waals surface area contributed by atoms with Gasteiger partial charge in [-0.05, 0) is 30.2 Å². The Labute approximate surface area is 180 Å². The van der Waals surface area contributed by atoms with Gasteiger partial charge in [0.25, 0.3) is 11.5 Å². The number of carbonyl (C=O) groups is 1. The van der Waals surface area contributed by atoms with Crippen LogP contribution in [0.25, 0.3) is 0 Å². The molecule has 0 saturated carbocycles. The maximum Gasteiger partial charge on any atom is 0.405 e. The molecule has 0 aliphatic carbocycles. The van der Waals surface area contributed by atoms with E-state index in [1.165, 1.54) is 10.8 Å². The van der Waals surface area contributed by atoms with Crippen LogP contribution in [0.3, 0.4) is 0 Å². The number of rotatable bonds is 6. The van der Waals surface area contributed by atoms with Crippen molar-refractivity contribution in [1.82, 2.24) is 14.9 Å². The molecular formula is C21H18ClF3N4O2. The van der Waals surface area contributed by atoms with Crippen LogP contribution < -0.4 is 16.2 Å². The molecule has 2 N–H and O–H groups in total. The molecule has 0 spiro atoms. The molecule has 0 unspecified atom stereocenters. The van der Waals surface area contributed by atoms with E-state index in [0.717, 1.165) is 11.1 Å². The van der Waals surface area contributed by atoms with E-state index in [-0.39, 0.29) is 12.5 Å². The standard InChI is InChI=1S/C21H18ClF3N4O2/c1-13-16(22)8-5-9-17(13)27-20-28-19(31)15(18(30)26-12-21(23,24)25)11-29(20)10-14-6-3-2-4-7-14/h2-9,11H,10,12H2,1H3,(H,26,30)(H,27,28,31). The maximum atomic E-state index is 12.4. The Hall–Kier alpha value is -3.33. The summed E-state index contributed by atoms with van der Waals surface area (Å²) in [6.45, 7) is 0.449. The Morgan fingerprint density at radius 2 is 1.84 bits per heavy atom. The van der Waals surface area contributed by atoms with Crippen molar-refractivity contribution in [2.24, 2.45) is 0 Å². The summed E-state index contributed by atoms with van der Waals surface area (Å²) in [5.41, 5.74) is 0.701. The van der Waals surface area contributed by atoms with Gasteiger partial charge in [-0.1, -0.05) is 48.0 Å². The molecule has 162 valence electrons. The van der Waals surface area contributed by atoms with Crippen LogP contribution in [0.5, 0.6) is 0 Å². The Kier molecular flexibility index (Phi) is 6.65. The normalized spacial score (nSPS) is 11.3. The summed E-state index contributed by atoms with van der Waals surface area (Å²) in [5, 5.41) is 5.23. The third kappa shape index (κ3) is 5.85. The highest BCUT2D eigenvalue weighted by atomic mass is 35.5. The first-order valence-corrected chi connectivity index (χ1v) is 9.54. The van der Waals surface area contributed by atoms with Crippen LogP contribution >= 0.6 is 11.6 Å². The van der Waals surface area contributed by atoms with Gasteiger partial charge in [0, 0.05) is 16.9 Å². The van der Waals surface area contributed by atoms with Crippen LogP contribution in [-0.2, 0) is 6.54 Å². The first-order chi connectivity index (χ1) is 14.6. The monoisotopic (exact) mass is 450 g/mol. The van der Waals surface area contributed by atoms with E-state index in [2.05, 4.69) is 10.3 Å². The summed E-state index contributed by atoms with van der Waals surface area (Å²) in [6, 6.07) is 14.3. The van der Waals surface area contributed by atoms with Crippen molar-refractivity contribution in [1.29, 1.82) is 0 Å². The first-order valence-electron chi connectivity index (χ1n) is 9.16. The number of anilines is 2. The number of carbonyl (C=O) groups excluding carboxylic acids is 1. The molecule has 1 aromatic heterocycles. The summed E-state index contributed by atoms with van der Waals surface area (Å²) in [5.74, 6) is -1.03. The molecule has 0 radical (unpaired) electrons. The van der Waals surface area contributed by atoms with Gasteiger partial charge in [-0.2, -0.15) is 18.2 Å². The lowest BCUT2D eigenvalue weighted by Gasteiger charge is -2.17. The van der Waals surface area contributed by atoms with Crippen LogP contribution in [-0.4, -0.2) is 28.2 Å². The predicted octanol–water partition coefficient (Wildman–Crippen LogP) is 4.29. The molecule has 6 nitrogen and oxygen atoms in total. The molecule has 0 aliphatic heterocycles. The number of amides is 1. The summed E-state index contributed by atoms with van der Waals surface area (Å²) >= 11 is 6.15. The van der Waals surface area contributed by atoms with Crippen LogP contribution in [0.1, 0.15) is 21.5 Å². The molecule has 2 aromatic carbocycles. The smallest absolute Gasteiger partial charge is 0.343 e. The van der Waals surface area contributed by atoms with Crippen molar-refractivity contribution in [3.05, 3.63) is 86.8 Å². The van der Waals surface area contributed by atoms with Gasteiger partial charge < -0.3 is 15.2 Å². The summed E-state index contributed by atoms with van der Waals surface area (Å²) in [4.78, 5) is 28.5. The number of alkyl halides is 3. The van der Waals surface area contributed by atoms with E-state index in [4.69, 9.17) is 11.6 Å². The fourth-order valence-electron chi connectivity index (χ4n) is 2.79. The number of nitrogens with one attached hydrogen (secondary N) is 2. The molecule has 3 aromatic rings. The molecule has 31 heavy (non-hydrogen) atoms. The molecule has 1 heterocycles. The average molecular weight is 451 g/mol. The highest BCUT2D eigenvalue weighted by molar-refractivity contribution is 6.31. The molecule has 3 rings (SSSR count). The summed E-state index contributed by atoms with van der Waals surface area (Å²) < 4.78 is 38.8. The Morgan fingerprint density at radius 1 is 1.13 bits per heavy atom. The number of benzene rings is 2. The molecule has 0 bridgehead atoms. The van der Waals surface area contributed by atoms with E-state index in [9.17, 15) is 22.8 Å². The lowest BCUT2D eigenvalue weighted by Crippen LogP contribution is -2.37. The van der Waals surface area contributed by atoms with E-state index >= 15 is 0 Å². The molecular weight excluding hydrogens is 433 g/mol. The molecule has 0 saturated heterocycles. The largest absolute Gasteiger partial charge is 0.405 e. The third-order valence-corrected chi connectivity index (χ3v) is 4.81. The van der Waals surface area contributed by atoms with Gasteiger partial charge in [-0.25, -0.2) is 0 Å². The second-order valence-corrected chi connectivity index (χ2v) is 7.14. The molecule has 1 amide bonds. The van der Waals surface area contributed by atoms with E-state index < -0.39 is 29.8 Å². The van der Waals surface area contributed by atoms with Gasteiger partial charge in [-0.15, -0.1) is 0 Å². The van der Waals surface area contributed by atoms with Crippen molar-refractivity contribution >= 4 is 29.1 Å². The lowest BCUT2D eigenvalue weighted by atomic mass is 10.2. The topological polar surface area (TPSA) is 76.0 Å². The fourth-order valence-corrected chi connectivity index (χ4v) is 2.96.